The molecule has 1 N–H and O–H groups in total. The standard InChI is InChI=1S/C16H23N3/c1-13-7-9-19(10-8-13)12-16-4-2-3-15(18-16)11-17-14-5-6-14/h2-4,7,14,17H,5-6,8-12H2,1H3. The molecule has 1 aromatic rings. The second kappa shape index (κ2) is 5.85. The summed E-state index contributed by atoms with van der Waals surface area (Å²) in [6.45, 7) is 6.34. The Morgan fingerprint density at radius 2 is 2.16 bits per heavy atom. The van der Waals surface area contributed by atoms with Crippen LogP contribution in [0.3, 0.4) is 0 Å². The molecule has 1 saturated carbocycles. The largest absolute Gasteiger partial charge is 0.308 e. The minimum atomic E-state index is 0.751. The van der Waals surface area contributed by atoms with Gasteiger partial charge in [-0.1, -0.05) is 17.7 Å². The summed E-state index contributed by atoms with van der Waals surface area (Å²) in [6.07, 6.45) is 6.20. The van der Waals surface area contributed by atoms with Gasteiger partial charge in [0.25, 0.3) is 0 Å². The molecule has 0 saturated heterocycles. The van der Waals surface area contributed by atoms with Crippen LogP contribution < -0.4 is 5.32 Å². The molecule has 0 spiro atoms. The van der Waals surface area contributed by atoms with Crippen LogP contribution in [0.4, 0.5) is 0 Å². The normalized spacial score (nSPS) is 20.4. The van der Waals surface area contributed by atoms with Gasteiger partial charge in [0.2, 0.25) is 0 Å². The zero-order valence-electron chi connectivity index (χ0n) is 11.7. The maximum Gasteiger partial charge on any atom is 0.0547 e. The van der Waals surface area contributed by atoms with E-state index in [4.69, 9.17) is 4.98 Å². The smallest absolute Gasteiger partial charge is 0.0547 e. The Bertz CT molecular complexity index is 463. The van der Waals surface area contributed by atoms with E-state index in [-0.39, 0.29) is 0 Å². The summed E-state index contributed by atoms with van der Waals surface area (Å²) >= 11 is 0. The number of rotatable bonds is 5. The Kier molecular flexibility index (Phi) is 3.95. The van der Waals surface area contributed by atoms with Crippen molar-refractivity contribution in [3.05, 3.63) is 41.2 Å². The SMILES string of the molecule is CC1=CCN(Cc2cccc(CNC3CC3)n2)CC1. The first-order valence-corrected chi connectivity index (χ1v) is 7.36. The van der Waals surface area contributed by atoms with Crippen LogP contribution in [0.15, 0.2) is 29.8 Å². The molecule has 19 heavy (non-hydrogen) atoms. The molecule has 1 aliphatic carbocycles. The summed E-state index contributed by atoms with van der Waals surface area (Å²) in [5, 5.41) is 3.52. The lowest BCUT2D eigenvalue weighted by molar-refractivity contribution is 0.282. The zero-order chi connectivity index (χ0) is 13.1. The Morgan fingerprint density at radius 3 is 2.89 bits per heavy atom. The molecule has 102 valence electrons. The molecule has 1 aromatic heterocycles. The van der Waals surface area contributed by atoms with E-state index < -0.39 is 0 Å². The van der Waals surface area contributed by atoms with Crippen molar-refractivity contribution < 1.29 is 0 Å². The van der Waals surface area contributed by atoms with Gasteiger partial charge < -0.3 is 5.32 Å². The van der Waals surface area contributed by atoms with E-state index in [2.05, 4.69) is 41.4 Å². The Hall–Kier alpha value is -1.19. The Labute approximate surface area is 115 Å². The topological polar surface area (TPSA) is 28.2 Å². The number of nitrogens with zero attached hydrogens (tertiary/aromatic N) is 2. The van der Waals surface area contributed by atoms with Crippen LogP contribution in [-0.4, -0.2) is 29.0 Å². The second-order valence-electron chi connectivity index (χ2n) is 5.81. The highest BCUT2D eigenvalue weighted by atomic mass is 15.1. The molecule has 0 atom stereocenters. The van der Waals surface area contributed by atoms with Crippen molar-refractivity contribution in [1.82, 2.24) is 15.2 Å². The van der Waals surface area contributed by atoms with Crippen molar-refractivity contribution in [1.29, 1.82) is 0 Å². The molecule has 2 aliphatic rings. The van der Waals surface area contributed by atoms with Gasteiger partial charge in [0.1, 0.15) is 0 Å². The molecule has 0 aromatic carbocycles. The molecular weight excluding hydrogens is 234 g/mol. The van der Waals surface area contributed by atoms with Crippen LogP contribution in [0, 0.1) is 0 Å². The predicted molar refractivity (Wildman–Crippen MR) is 77.7 cm³/mol. The number of nitrogens with one attached hydrogen (secondary N) is 1. The lowest BCUT2D eigenvalue weighted by Gasteiger charge is -2.24. The van der Waals surface area contributed by atoms with Crippen molar-refractivity contribution in [2.75, 3.05) is 13.1 Å². The number of hydrogen-bond acceptors (Lipinski definition) is 3. The lowest BCUT2D eigenvalue weighted by atomic mass is 10.1. The fraction of sp³-hybridized carbons (Fsp3) is 0.562. The fourth-order valence-electron chi connectivity index (χ4n) is 2.44. The number of hydrogen-bond donors (Lipinski definition) is 1. The van der Waals surface area contributed by atoms with E-state index in [9.17, 15) is 0 Å². The third kappa shape index (κ3) is 3.88. The lowest BCUT2D eigenvalue weighted by Crippen LogP contribution is -2.28. The van der Waals surface area contributed by atoms with E-state index >= 15 is 0 Å². The van der Waals surface area contributed by atoms with Gasteiger partial charge in [0.05, 0.1) is 11.4 Å². The molecule has 0 bridgehead atoms. The van der Waals surface area contributed by atoms with Gasteiger partial charge in [-0.25, -0.2) is 0 Å². The van der Waals surface area contributed by atoms with E-state index in [0.717, 1.165) is 32.2 Å². The molecule has 1 fully saturated rings. The van der Waals surface area contributed by atoms with Gasteiger partial charge in [-0.2, -0.15) is 0 Å². The maximum atomic E-state index is 4.76. The van der Waals surface area contributed by atoms with Crippen molar-refractivity contribution >= 4 is 0 Å². The second-order valence-corrected chi connectivity index (χ2v) is 5.81. The molecule has 1 aliphatic heterocycles. The summed E-state index contributed by atoms with van der Waals surface area (Å²) in [7, 11) is 0. The van der Waals surface area contributed by atoms with Gasteiger partial charge in [-0.05, 0) is 38.3 Å². The van der Waals surface area contributed by atoms with Gasteiger partial charge in [0.15, 0.2) is 0 Å². The summed E-state index contributed by atoms with van der Waals surface area (Å²) < 4.78 is 0. The minimum absolute atomic E-state index is 0.751. The van der Waals surface area contributed by atoms with Crippen LogP contribution in [-0.2, 0) is 13.1 Å². The molecular formula is C16H23N3. The quantitative estimate of drug-likeness (QED) is 0.821. The monoisotopic (exact) mass is 257 g/mol. The first-order valence-electron chi connectivity index (χ1n) is 7.36. The van der Waals surface area contributed by atoms with E-state index in [1.54, 1.807) is 0 Å². The Morgan fingerprint density at radius 1 is 1.32 bits per heavy atom. The third-order valence-electron chi connectivity index (χ3n) is 3.92. The Balaban J connectivity index is 1.56. The van der Waals surface area contributed by atoms with Crippen LogP contribution >= 0.6 is 0 Å². The summed E-state index contributed by atoms with van der Waals surface area (Å²) in [4.78, 5) is 7.23. The molecule has 3 rings (SSSR count). The first kappa shape index (κ1) is 12.8. The maximum absolute atomic E-state index is 4.76. The number of aromatic nitrogens is 1. The number of pyridine rings is 1. The molecule has 0 unspecified atom stereocenters. The highest BCUT2D eigenvalue weighted by molar-refractivity contribution is 5.12. The van der Waals surface area contributed by atoms with Crippen molar-refractivity contribution in [3.63, 3.8) is 0 Å². The molecule has 3 heteroatoms. The zero-order valence-corrected chi connectivity index (χ0v) is 11.7. The van der Waals surface area contributed by atoms with Crippen molar-refractivity contribution in [3.8, 4) is 0 Å². The highest BCUT2D eigenvalue weighted by Crippen LogP contribution is 2.19. The summed E-state index contributed by atoms with van der Waals surface area (Å²) in [5.41, 5.74) is 3.89. The van der Waals surface area contributed by atoms with Crippen LogP contribution in [0.5, 0.6) is 0 Å². The van der Waals surface area contributed by atoms with Gasteiger partial charge in [-0.15, -0.1) is 0 Å². The molecule has 2 heterocycles. The van der Waals surface area contributed by atoms with Crippen LogP contribution in [0.1, 0.15) is 37.6 Å². The van der Waals surface area contributed by atoms with Gasteiger partial charge >= 0.3 is 0 Å². The van der Waals surface area contributed by atoms with Gasteiger partial charge in [0, 0.05) is 32.2 Å². The fourth-order valence-corrected chi connectivity index (χ4v) is 2.44. The summed E-state index contributed by atoms with van der Waals surface area (Å²) in [5.74, 6) is 0. The molecule has 0 radical (unpaired) electrons. The molecule has 3 nitrogen and oxygen atoms in total. The van der Waals surface area contributed by atoms with Crippen LogP contribution in [0.2, 0.25) is 0 Å². The predicted octanol–water partition coefficient (Wildman–Crippen LogP) is 2.49. The van der Waals surface area contributed by atoms with Crippen molar-refractivity contribution in [2.24, 2.45) is 0 Å². The van der Waals surface area contributed by atoms with Crippen molar-refractivity contribution in [2.45, 2.75) is 45.3 Å². The van der Waals surface area contributed by atoms with Crippen LogP contribution in [0.25, 0.3) is 0 Å². The van der Waals surface area contributed by atoms with Gasteiger partial charge in [-0.3, -0.25) is 9.88 Å². The molecule has 0 amide bonds. The highest BCUT2D eigenvalue weighted by Gasteiger charge is 2.20. The third-order valence-corrected chi connectivity index (χ3v) is 3.92. The first-order chi connectivity index (χ1) is 9.29. The van der Waals surface area contributed by atoms with E-state index in [1.165, 1.54) is 36.2 Å². The average molecular weight is 257 g/mol. The average Bonchev–Trinajstić information content (AvgIpc) is 3.24. The van der Waals surface area contributed by atoms with E-state index in [0.29, 0.717) is 0 Å². The van der Waals surface area contributed by atoms with E-state index in [1.807, 2.05) is 0 Å². The minimum Gasteiger partial charge on any atom is -0.308 e. The summed E-state index contributed by atoms with van der Waals surface area (Å²) in [6, 6.07) is 7.16.